The van der Waals surface area contributed by atoms with E-state index in [-0.39, 0.29) is 6.04 Å². The number of nitrogens with zero attached hydrogens (tertiary/aromatic N) is 4. The molecule has 17 heavy (non-hydrogen) atoms. The van der Waals surface area contributed by atoms with E-state index in [0.717, 1.165) is 16.1 Å². The van der Waals surface area contributed by atoms with E-state index in [0.29, 0.717) is 12.2 Å². The number of hydrogen-bond acceptors (Lipinski definition) is 4. The highest BCUT2D eigenvalue weighted by atomic mass is 35.5. The summed E-state index contributed by atoms with van der Waals surface area (Å²) in [6.45, 7) is 1.99. The summed E-state index contributed by atoms with van der Waals surface area (Å²) >= 11 is 5.91. The second-order valence-electron chi connectivity index (χ2n) is 4.01. The van der Waals surface area contributed by atoms with E-state index in [9.17, 15) is 0 Å². The van der Waals surface area contributed by atoms with Crippen molar-refractivity contribution in [1.29, 1.82) is 0 Å². The molecule has 0 aliphatic heterocycles. The van der Waals surface area contributed by atoms with Crippen LogP contribution in [0.15, 0.2) is 18.2 Å². The fourth-order valence-corrected chi connectivity index (χ4v) is 1.99. The summed E-state index contributed by atoms with van der Waals surface area (Å²) in [4.78, 5) is 1.43. The van der Waals surface area contributed by atoms with Crippen molar-refractivity contribution in [1.82, 2.24) is 20.2 Å². The van der Waals surface area contributed by atoms with Gasteiger partial charge in [-0.3, -0.25) is 0 Å². The van der Waals surface area contributed by atoms with Gasteiger partial charge in [-0.25, -0.2) is 0 Å². The van der Waals surface area contributed by atoms with Gasteiger partial charge in [0.15, 0.2) is 5.82 Å². The van der Waals surface area contributed by atoms with Crippen molar-refractivity contribution in [3.8, 4) is 0 Å². The average molecular weight is 252 g/mol. The quantitative estimate of drug-likeness (QED) is 0.896. The maximum Gasteiger partial charge on any atom is 0.176 e. The van der Waals surface area contributed by atoms with Crippen LogP contribution in [-0.2, 0) is 13.5 Å². The number of aryl methyl sites for hydroxylation is 2. The third-order valence-corrected chi connectivity index (χ3v) is 2.82. The lowest BCUT2D eigenvalue weighted by molar-refractivity contribution is 0.622. The maximum absolute atomic E-state index is 6.13. The van der Waals surface area contributed by atoms with Gasteiger partial charge >= 0.3 is 0 Å². The molecule has 0 aliphatic carbocycles. The molecule has 2 N–H and O–H groups in total. The molecule has 0 amide bonds. The van der Waals surface area contributed by atoms with Gasteiger partial charge < -0.3 is 5.73 Å². The van der Waals surface area contributed by atoms with Crippen LogP contribution in [0.3, 0.4) is 0 Å². The molecule has 6 heteroatoms. The van der Waals surface area contributed by atoms with Crippen LogP contribution in [0.1, 0.15) is 23.0 Å². The Labute approximate surface area is 105 Å². The fourth-order valence-electron chi connectivity index (χ4n) is 1.77. The Bertz CT molecular complexity index is 522. The standard InChI is InChI=1S/C11H14ClN5/c1-7-5-8(12)3-4-9(7)10(13)6-11-14-16-17(2)15-11/h3-5,10H,6,13H2,1-2H3. The lowest BCUT2D eigenvalue weighted by Gasteiger charge is -2.12. The molecule has 2 rings (SSSR count). The lowest BCUT2D eigenvalue weighted by atomic mass is 9.99. The summed E-state index contributed by atoms with van der Waals surface area (Å²) in [7, 11) is 1.73. The zero-order valence-corrected chi connectivity index (χ0v) is 10.5. The summed E-state index contributed by atoms with van der Waals surface area (Å²) in [5.74, 6) is 0.648. The monoisotopic (exact) mass is 251 g/mol. The Morgan fingerprint density at radius 3 is 2.82 bits per heavy atom. The zero-order valence-electron chi connectivity index (χ0n) is 9.76. The zero-order chi connectivity index (χ0) is 12.4. The Morgan fingerprint density at radius 1 is 1.47 bits per heavy atom. The Balaban J connectivity index is 2.17. The largest absolute Gasteiger partial charge is 0.324 e. The number of hydrogen-bond donors (Lipinski definition) is 1. The minimum absolute atomic E-state index is 0.142. The van der Waals surface area contributed by atoms with Crippen molar-refractivity contribution in [3.05, 3.63) is 40.2 Å². The van der Waals surface area contributed by atoms with Gasteiger partial charge in [-0.2, -0.15) is 4.80 Å². The maximum atomic E-state index is 6.13. The van der Waals surface area contributed by atoms with Crippen molar-refractivity contribution in [2.24, 2.45) is 12.8 Å². The number of aromatic nitrogens is 4. The highest BCUT2D eigenvalue weighted by Crippen LogP contribution is 2.21. The van der Waals surface area contributed by atoms with Crippen molar-refractivity contribution in [3.63, 3.8) is 0 Å². The first-order valence-electron chi connectivity index (χ1n) is 5.31. The molecule has 0 radical (unpaired) electrons. The summed E-state index contributed by atoms with van der Waals surface area (Å²) in [6.07, 6.45) is 0.566. The van der Waals surface area contributed by atoms with E-state index in [2.05, 4.69) is 15.4 Å². The SMILES string of the molecule is Cc1cc(Cl)ccc1C(N)Cc1nnn(C)n1. The molecular weight excluding hydrogens is 238 g/mol. The molecule has 0 fully saturated rings. The minimum atomic E-state index is -0.142. The van der Waals surface area contributed by atoms with Crippen LogP contribution in [-0.4, -0.2) is 20.2 Å². The molecule has 2 aromatic rings. The van der Waals surface area contributed by atoms with Crippen LogP contribution in [0, 0.1) is 6.92 Å². The van der Waals surface area contributed by atoms with Gasteiger partial charge in [0.25, 0.3) is 0 Å². The lowest BCUT2D eigenvalue weighted by Crippen LogP contribution is -2.15. The molecule has 1 heterocycles. The van der Waals surface area contributed by atoms with Gasteiger partial charge in [-0.05, 0) is 35.4 Å². The molecule has 0 aliphatic rings. The number of halogens is 1. The smallest absolute Gasteiger partial charge is 0.176 e. The van der Waals surface area contributed by atoms with Gasteiger partial charge in [-0.15, -0.1) is 10.2 Å². The molecule has 0 bridgehead atoms. The second-order valence-corrected chi connectivity index (χ2v) is 4.44. The van der Waals surface area contributed by atoms with Crippen LogP contribution in [0.4, 0.5) is 0 Å². The Kier molecular flexibility index (Phi) is 3.40. The van der Waals surface area contributed by atoms with Gasteiger partial charge in [0.1, 0.15) is 0 Å². The average Bonchev–Trinajstić information content (AvgIpc) is 2.63. The van der Waals surface area contributed by atoms with E-state index in [1.54, 1.807) is 7.05 Å². The van der Waals surface area contributed by atoms with Crippen molar-refractivity contribution in [2.45, 2.75) is 19.4 Å². The molecule has 0 saturated heterocycles. The highest BCUT2D eigenvalue weighted by molar-refractivity contribution is 6.30. The van der Waals surface area contributed by atoms with Crippen LogP contribution < -0.4 is 5.73 Å². The van der Waals surface area contributed by atoms with E-state index < -0.39 is 0 Å². The van der Waals surface area contributed by atoms with Crippen molar-refractivity contribution >= 4 is 11.6 Å². The molecule has 0 saturated carbocycles. The van der Waals surface area contributed by atoms with Crippen molar-refractivity contribution < 1.29 is 0 Å². The molecular formula is C11H14ClN5. The normalized spacial score (nSPS) is 12.7. The third-order valence-electron chi connectivity index (χ3n) is 2.58. The molecule has 1 atom stereocenters. The molecule has 0 spiro atoms. The first kappa shape index (κ1) is 12.0. The molecule has 1 unspecified atom stereocenters. The molecule has 90 valence electrons. The molecule has 5 nitrogen and oxygen atoms in total. The minimum Gasteiger partial charge on any atom is -0.324 e. The number of tetrazole rings is 1. The fraction of sp³-hybridized carbons (Fsp3) is 0.364. The summed E-state index contributed by atoms with van der Waals surface area (Å²) in [5, 5.41) is 12.5. The Morgan fingerprint density at radius 2 is 2.24 bits per heavy atom. The van der Waals surface area contributed by atoms with Crippen LogP contribution >= 0.6 is 11.6 Å². The first-order valence-corrected chi connectivity index (χ1v) is 5.68. The van der Waals surface area contributed by atoms with Crippen molar-refractivity contribution in [2.75, 3.05) is 0 Å². The van der Waals surface area contributed by atoms with Crippen LogP contribution in [0.25, 0.3) is 0 Å². The highest BCUT2D eigenvalue weighted by Gasteiger charge is 2.13. The predicted molar refractivity (Wildman–Crippen MR) is 65.6 cm³/mol. The predicted octanol–water partition coefficient (Wildman–Crippen LogP) is 1.41. The van der Waals surface area contributed by atoms with Gasteiger partial charge in [0.05, 0.1) is 7.05 Å². The molecule has 1 aromatic heterocycles. The van der Waals surface area contributed by atoms with Crippen LogP contribution in [0.5, 0.6) is 0 Å². The van der Waals surface area contributed by atoms with E-state index in [4.69, 9.17) is 17.3 Å². The van der Waals surface area contributed by atoms with Crippen LogP contribution in [0.2, 0.25) is 5.02 Å². The summed E-state index contributed by atoms with van der Waals surface area (Å²) < 4.78 is 0. The van der Waals surface area contributed by atoms with Gasteiger partial charge in [0, 0.05) is 17.5 Å². The second kappa shape index (κ2) is 4.81. The number of benzene rings is 1. The molecule has 1 aromatic carbocycles. The summed E-state index contributed by atoms with van der Waals surface area (Å²) in [6, 6.07) is 5.55. The first-order chi connectivity index (χ1) is 8.06. The summed E-state index contributed by atoms with van der Waals surface area (Å²) in [5.41, 5.74) is 8.26. The van der Waals surface area contributed by atoms with Gasteiger partial charge in [-0.1, -0.05) is 17.7 Å². The number of nitrogens with two attached hydrogens (primary N) is 1. The third kappa shape index (κ3) is 2.81. The van der Waals surface area contributed by atoms with Gasteiger partial charge in [0.2, 0.25) is 0 Å². The van der Waals surface area contributed by atoms with E-state index in [1.807, 2.05) is 25.1 Å². The number of rotatable bonds is 3. The van der Waals surface area contributed by atoms with E-state index in [1.165, 1.54) is 4.80 Å². The topological polar surface area (TPSA) is 69.6 Å². The van der Waals surface area contributed by atoms with E-state index >= 15 is 0 Å². The Hall–Kier alpha value is -1.46.